The lowest BCUT2D eigenvalue weighted by Crippen LogP contribution is -2.49. The van der Waals surface area contributed by atoms with E-state index in [1.807, 2.05) is 10.9 Å². The van der Waals surface area contributed by atoms with Gasteiger partial charge in [0.25, 0.3) is 0 Å². The standard InChI is InChI=1S/C18H34N6.HI/c1-5-19-18(20-8-11-24-14-16(4)12-21-24)22-17-6-9-23(10-7-17)13-15(2)3;/h12,14-15,17H,5-11,13H2,1-4H3,(H2,19,20,22);1H. The minimum atomic E-state index is 0. The minimum absolute atomic E-state index is 0. The molecule has 0 radical (unpaired) electrons. The average molecular weight is 462 g/mol. The number of hydrogen-bond donors (Lipinski definition) is 2. The number of piperidine rings is 1. The summed E-state index contributed by atoms with van der Waals surface area (Å²) in [4.78, 5) is 7.28. The number of nitrogens with one attached hydrogen (secondary N) is 2. The van der Waals surface area contributed by atoms with Crippen molar-refractivity contribution in [2.45, 2.75) is 53.1 Å². The molecule has 2 heterocycles. The molecule has 25 heavy (non-hydrogen) atoms. The summed E-state index contributed by atoms with van der Waals surface area (Å²) in [6.07, 6.45) is 6.32. The van der Waals surface area contributed by atoms with Crippen molar-refractivity contribution >= 4 is 29.9 Å². The number of aliphatic imine (C=N–C) groups is 1. The number of hydrogen-bond acceptors (Lipinski definition) is 3. The Bertz CT molecular complexity index is 505. The Labute approximate surface area is 169 Å². The molecule has 2 rings (SSSR count). The van der Waals surface area contributed by atoms with Gasteiger partial charge in [-0.15, -0.1) is 24.0 Å². The van der Waals surface area contributed by atoms with E-state index in [0.29, 0.717) is 6.04 Å². The second kappa shape index (κ2) is 11.7. The van der Waals surface area contributed by atoms with Crippen LogP contribution in [-0.4, -0.2) is 59.4 Å². The first-order valence-electron chi connectivity index (χ1n) is 9.33. The van der Waals surface area contributed by atoms with E-state index in [2.05, 4.69) is 54.5 Å². The van der Waals surface area contributed by atoms with Gasteiger partial charge in [-0.25, -0.2) is 0 Å². The van der Waals surface area contributed by atoms with Gasteiger partial charge >= 0.3 is 0 Å². The van der Waals surface area contributed by atoms with Crippen molar-refractivity contribution in [2.24, 2.45) is 10.9 Å². The van der Waals surface area contributed by atoms with E-state index in [9.17, 15) is 0 Å². The summed E-state index contributed by atoms with van der Waals surface area (Å²) in [7, 11) is 0. The predicted molar refractivity (Wildman–Crippen MR) is 116 cm³/mol. The first kappa shape index (κ1) is 22.2. The van der Waals surface area contributed by atoms with Crippen LogP contribution >= 0.6 is 24.0 Å². The molecule has 1 aromatic heterocycles. The van der Waals surface area contributed by atoms with Gasteiger partial charge in [0.05, 0.1) is 19.3 Å². The van der Waals surface area contributed by atoms with E-state index in [0.717, 1.165) is 31.5 Å². The molecule has 1 aromatic rings. The lowest BCUT2D eigenvalue weighted by molar-refractivity contribution is 0.187. The van der Waals surface area contributed by atoms with Crippen molar-refractivity contribution in [3.05, 3.63) is 18.0 Å². The summed E-state index contributed by atoms with van der Waals surface area (Å²) in [6, 6.07) is 0.526. The van der Waals surface area contributed by atoms with Crippen LogP contribution in [0.15, 0.2) is 17.4 Å². The quantitative estimate of drug-likeness (QED) is 0.372. The van der Waals surface area contributed by atoms with Gasteiger partial charge in [-0.05, 0) is 38.2 Å². The van der Waals surface area contributed by atoms with Gasteiger partial charge in [0.1, 0.15) is 0 Å². The van der Waals surface area contributed by atoms with Gasteiger partial charge in [-0.2, -0.15) is 5.10 Å². The maximum atomic E-state index is 4.70. The molecule has 0 atom stereocenters. The number of rotatable bonds is 7. The van der Waals surface area contributed by atoms with Gasteiger partial charge in [0, 0.05) is 38.4 Å². The van der Waals surface area contributed by atoms with Crippen LogP contribution in [0.3, 0.4) is 0 Å². The highest BCUT2D eigenvalue weighted by Gasteiger charge is 2.20. The second-order valence-corrected chi connectivity index (χ2v) is 7.15. The molecule has 6 nitrogen and oxygen atoms in total. The highest BCUT2D eigenvalue weighted by Crippen LogP contribution is 2.12. The highest BCUT2D eigenvalue weighted by molar-refractivity contribution is 14.0. The van der Waals surface area contributed by atoms with Gasteiger partial charge < -0.3 is 15.5 Å². The van der Waals surface area contributed by atoms with Gasteiger partial charge in [0.15, 0.2) is 5.96 Å². The number of guanidine groups is 1. The molecule has 1 fully saturated rings. The highest BCUT2D eigenvalue weighted by atomic mass is 127. The SMILES string of the molecule is CCNC(=NCCn1cc(C)cn1)NC1CCN(CC(C)C)CC1.I. The molecule has 0 saturated carbocycles. The first-order valence-corrected chi connectivity index (χ1v) is 9.33. The Hall–Kier alpha value is -0.830. The monoisotopic (exact) mass is 462 g/mol. The number of halogens is 1. The van der Waals surface area contributed by atoms with Crippen molar-refractivity contribution in [3.63, 3.8) is 0 Å². The van der Waals surface area contributed by atoms with Crippen LogP contribution in [0.5, 0.6) is 0 Å². The number of nitrogens with zero attached hydrogens (tertiary/aromatic N) is 4. The molecule has 1 saturated heterocycles. The van der Waals surface area contributed by atoms with Crippen LogP contribution in [0.1, 0.15) is 39.2 Å². The Morgan fingerprint density at radius 2 is 2.08 bits per heavy atom. The van der Waals surface area contributed by atoms with Gasteiger partial charge in [0.2, 0.25) is 0 Å². The summed E-state index contributed by atoms with van der Waals surface area (Å²) in [6.45, 7) is 14.8. The smallest absolute Gasteiger partial charge is 0.191 e. The van der Waals surface area contributed by atoms with E-state index in [4.69, 9.17) is 4.99 Å². The molecule has 144 valence electrons. The molecule has 1 aliphatic heterocycles. The summed E-state index contributed by atoms with van der Waals surface area (Å²) in [5, 5.41) is 11.3. The second-order valence-electron chi connectivity index (χ2n) is 7.15. The van der Waals surface area contributed by atoms with Crippen molar-refractivity contribution in [1.29, 1.82) is 0 Å². The molecule has 0 unspecified atom stereocenters. The summed E-state index contributed by atoms with van der Waals surface area (Å²) in [5.74, 6) is 1.68. The fourth-order valence-corrected chi connectivity index (χ4v) is 3.14. The Morgan fingerprint density at radius 3 is 2.64 bits per heavy atom. The average Bonchev–Trinajstić information content (AvgIpc) is 2.94. The fourth-order valence-electron chi connectivity index (χ4n) is 3.14. The first-order chi connectivity index (χ1) is 11.6. The van der Waals surface area contributed by atoms with E-state index in [1.54, 1.807) is 0 Å². The molecule has 2 N–H and O–H groups in total. The topological polar surface area (TPSA) is 57.5 Å². The molecular weight excluding hydrogens is 427 g/mol. The zero-order valence-electron chi connectivity index (χ0n) is 16.2. The zero-order valence-corrected chi connectivity index (χ0v) is 18.5. The van der Waals surface area contributed by atoms with E-state index in [-0.39, 0.29) is 24.0 Å². The van der Waals surface area contributed by atoms with E-state index >= 15 is 0 Å². The molecule has 0 aliphatic carbocycles. The summed E-state index contributed by atoms with van der Waals surface area (Å²) >= 11 is 0. The van der Waals surface area contributed by atoms with Crippen LogP contribution in [0.25, 0.3) is 0 Å². The minimum Gasteiger partial charge on any atom is -0.357 e. The number of likely N-dealkylation sites (tertiary alicyclic amines) is 1. The third kappa shape index (κ3) is 8.40. The zero-order chi connectivity index (χ0) is 17.4. The van der Waals surface area contributed by atoms with E-state index < -0.39 is 0 Å². The Balaban J connectivity index is 0.00000312. The third-order valence-electron chi connectivity index (χ3n) is 4.26. The molecule has 0 bridgehead atoms. The van der Waals surface area contributed by atoms with Crippen molar-refractivity contribution in [3.8, 4) is 0 Å². The molecular formula is C18H35IN6. The summed E-state index contributed by atoms with van der Waals surface area (Å²) in [5.41, 5.74) is 1.19. The van der Waals surface area contributed by atoms with Gasteiger partial charge in [-0.3, -0.25) is 9.67 Å². The van der Waals surface area contributed by atoms with Crippen LogP contribution in [0, 0.1) is 12.8 Å². The lowest BCUT2D eigenvalue weighted by atomic mass is 10.0. The van der Waals surface area contributed by atoms with Crippen LogP contribution in [-0.2, 0) is 6.54 Å². The van der Waals surface area contributed by atoms with Crippen LogP contribution in [0.2, 0.25) is 0 Å². The summed E-state index contributed by atoms with van der Waals surface area (Å²) < 4.78 is 1.95. The van der Waals surface area contributed by atoms with Crippen molar-refractivity contribution in [2.75, 3.05) is 32.7 Å². The fraction of sp³-hybridized carbons (Fsp3) is 0.778. The largest absolute Gasteiger partial charge is 0.357 e. The Kier molecular flexibility index (Phi) is 10.4. The molecule has 0 aromatic carbocycles. The van der Waals surface area contributed by atoms with Crippen molar-refractivity contribution in [1.82, 2.24) is 25.3 Å². The van der Waals surface area contributed by atoms with Crippen LogP contribution in [0.4, 0.5) is 0 Å². The van der Waals surface area contributed by atoms with Crippen molar-refractivity contribution < 1.29 is 0 Å². The van der Waals surface area contributed by atoms with Gasteiger partial charge in [-0.1, -0.05) is 13.8 Å². The predicted octanol–water partition coefficient (Wildman–Crippen LogP) is 2.49. The molecule has 7 heteroatoms. The molecule has 0 spiro atoms. The molecule has 0 amide bonds. The van der Waals surface area contributed by atoms with Crippen LogP contribution < -0.4 is 10.6 Å². The van der Waals surface area contributed by atoms with E-state index in [1.165, 1.54) is 38.0 Å². The normalized spacial score (nSPS) is 16.8. The lowest BCUT2D eigenvalue weighted by Gasteiger charge is -2.34. The third-order valence-corrected chi connectivity index (χ3v) is 4.26. The molecule has 1 aliphatic rings. The maximum absolute atomic E-state index is 4.70. The number of aromatic nitrogens is 2. The Morgan fingerprint density at radius 1 is 1.36 bits per heavy atom. The number of aryl methyl sites for hydroxylation is 1. The maximum Gasteiger partial charge on any atom is 0.191 e.